The Morgan fingerprint density at radius 2 is 0.327 bits per heavy atom. The van der Waals surface area contributed by atoms with E-state index in [-0.39, 0.29) is 0 Å². The van der Waals surface area contributed by atoms with Gasteiger partial charge in [-0.25, -0.2) is 0 Å². The van der Waals surface area contributed by atoms with Crippen LogP contribution in [0.3, 0.4) is 0 Å². The van der Waals surface area contributed by atoms with E-state index in [1.54, 1.807) is 0 Å². The van der Waals surface area contributed by atoms with Crippen LogP contribution in [0.15, 0.2) is 202 Å². The summed E-state index contributed by atoms with van der Waals surface area (Å²) in [5.41, 5.74) is 0. The van der Waals surface area contributed by atoms with E-state index in [0.29, 0.717) is 0 Å². The van der Waals surface area contributed by atoms with Crippen LogP contribution in [0.4, 0.5) is 0 Å². The van der Waals surface area contributed by atoms with Gasteiger partial charge in [-0.15, -0.1) is 0 Å². The van der Waals surface area contributed by atoms with Crippen molar-refractivity contribution in [3.8, 4) is 0 Å². The summed E-state index contributed by atoms with van der Waals surface area (Å²) in [6.07, 6.45) is 0. The topological polar surface area (TPSA) is 0 Å². The van der Waals surface area contributed by atoms with Gasteiger partial charge in [-0.2, -0.15) is 0 Å². The molecule has 52 heavy (non-hydrogen) atoms. The zero-order chi connectivity index (χ0) is 34.2. The fourth-order valence-corrected chi connectivity index (χ4v) is 17.5. The van der Waals surface area contributed by atoms with Crippen LogP contribution in [-0.4, -0.2) is 0 Å². The van der Waals surface area contributed by atoms with Crippen LogP contribution in [0.25, 0.3) is 43.1 Å². The lowest BCUT2D eigenvalue weighted by molar-refractivity contribution is 1.30. The van der Waals surface area contributed by atoms with Crippen molar-refractivity contribution in [2.45, 2.75) is 39.2 Å². The van der Waals surface area contributed by atoms with Gasteiger partial charge in [-0.1, -0.05) is 191 Å². The summed E-state index contributed by atoms with van der Waals surface area (Å²) in [6, 6.07) is 53.2. The zero-order valence-electron chi connectivity index (χ0n) is 27.1. The summed E-state index contributed by atoms with van der Waals surface area (Å²) in [6.45, 7) is 0. The first-order chi connectivity index (χ1) is 25.7. The van der Waals surface area contributed by atoms with Crippen molar-refractivity contribution >= 4 is 137 Å². The Labute approximate surface area is 335 Å². The largest absolute Gasteiger partial charge is 0.0797 e. The van der Waals surface area contributed by atoms with Crippen molar-refractivity contribution in [1.82, 2.24) is 0 Å². The highest BCUT2D eigenvalue weighted by Crippen LogP contribution is 2.63. The van der Waals surface area contributed by atoms with Crippen molar-refractivity contribution < 1.29 is 0 Å². The maximum atomic E-state index is 2.33. The van der Waals surface area contributed by atoms with Crippen molar-refractivity contribution in [3.63, 3.8) is 0 Å². The molecular weight excluding hydrogens is 785 g/mol. The Bertz CT molecular complexity index is 2300. The normalized spacial score (nSPS) is 15.7. The molecule has 8 heteroatoms. The summed E-state index contributed by atoms with van der Waals surface area (Å²) in [5, 5.41) is 10.6. The highest BCUT2D eigenvalue weighted by molar-refractivity contribution is 8.31. The van der Waals surface area contributed by atoms with Gasteiger partial charge < -0.3 is 0 Å². The zero-order valence-corrected chi connectivity index (χ0v) is 33.7. The van der Waals surface area contributed by atoms with Gasteiger partial charge in [0.2, 0.25) is 0 Å². The highest BCUT2D eigenvalue weighted by atomic mass is 32.2. The van der Waals surface area contributed by atoms with Gasteiger partial charge >= 0.3 is 0 Å². The molecule has 0 bridgehead atoms. The van der Waals surface area contributed by atoms with Crippen molar-refractivity contribution in [1.29, 1.82) is 0 Å². The Morgan fingerprint density at radius 1 is 0.192 bits per heavy atom. The lowest BCUT2D eigenvalue weighted by Crippen LogP contribution is -1.74. The second kappa shape index (κ2) is 13.4. The summed E-state index contributed by atoms with van der Waals surface area (Å²) in [4.78, 5) is 11.1. The van der Waals surface area contributed by atoms with E-state index in [1.807, 2.05) is 94.1 Å². The average molecular weight is 809 g/mol. The minimum atomic E-state index is 1.33. The monoisotopic (exact) mass is 808 g/mol. The van der Waals surface area contributed by atoms with Crippen LogP contribution in [0.5, 0.6) is 0 Å². The van der Waals surface area contributed by atoms with Gasteiger partial charge in [-0.05, 0) is 91.6 Å². The van der Waals surface area contributed by atoms with E-state index < -0.39 is 0 Å². The average Bonchev–Trinajstić information content (AvgIpc) is 3.98. The van der Waals surface area contributed by atoms with Gasteiger partial charge in [0.05, 0.1) is 16.9 Å². The molecule has 4 aliphatic rings. The van der Waals surface area contributed by atoms with Crippen LogP contribution in [0.2, 0.25) is 0 Å². The predicted molar refractivity (Wildman–Crippen MR) is 237 cm³/mol. The van der Waals surface area contributed by atoms with Crippen LogP contribution < -0.4 is 0 Å². The molecule has 0 N–H and O–H groups in total. The summed E-state index contributed by atoms with van der Waals surface area (Å²) >= 11 is 15.4. The lowest BCUT2D eigenvalue weighted by Gasteiger charge is -2.00. The maximum Gasteiger partial charge on any atom is 0.0706 e. The van der Waals surface area contributed by atoms with Crippen molar-refractivity contribution in [3.05, 3.63) is 163 Å². The molecule has 0 aliphatic carbocycles. The second-order valence-electron chi connectivity index (χ2n) is 12.6. The van der Waals surface area contributed by atoms with Gasteiger partial charge in [0.15, 0.2) is 0 Å². The molecule has 0 amide bonds. The summed E-state index contributed by atoms with van der Waals surface area (Å²) in [7, 11) is 0. The molecule has 0 atom stereocenters. The summed E-state index contributed by atoms with van der Waals surface area (Å²) in [5.74, 6) is 0. The third kappa shape index (κ3) is 6.00. The van der Waals surface area contributed by atoms with E-state index in [0.717, 1.165) is 0 Å². The molecule has 0 unspecified atom stereocenters. The molecule has 0 spiro atoms. The number of benzene rings is 8. The molecule has 0 radical (unpaired) electrons. The Hall–Kier alpha value is -2.92. The van der Waals surface area contributed by atoms with Gasteiger partial charge in [-0.3, -0.25) is 0 Å². The van der Waals surface area contributed by atoms with E-state index >= 15 is 0 Å². The molecule has 4 heterocycles. The fraction of sp³-hybridized carbons (Fsp3) is 0. The standard InChI is InChI=1S/2C22H12S4/c2*1-2-6-14-10-18-17(9-13(14)5-1)23-21(24-18)22-25-19-11-15-7-3-4-8-16(15)12-20(19)26-22/h2*1-12H. The first-order valence-corrected chi connectivity index (χ1v) is 23.2. The molecule has 8 aromatic rings. The first kappa shape index (κ1) is 32.5. The lowest BCUT2D eigenvalue weighted by atomic mass is 10.1. The molecular formula is C44H24S8. The van der Waals surface area contributed by atoms with Gasteiger partial charge in [0.25, 0.3) is 0 Å². The molecule has 4 aliphatic heterocycles. The molecule has 248 valence electrons. The molecule has 12 rings (SSSR count). The fourth-order valence-electron chi connectivity index (χ4n) is 6.65. The minimum Gasteiger partial charge on any atom is -0.0797 e. The van der Waals surface area contributed by atoms with E-state index in [2.05, 4.69) is 146 Å². The third-order valence-corrected chi connectivity index (χ3v) is 20.3. The number of rotatable bonds is 0. The quantitative estimate of drug-likeness (QED) is 0.147. The van der Waals surface area contributed by atoms with Crippen LogP contribution >= 0.6 is 94.1 Å². The molecule has 0 aromatic heterocycles. The SMILES string of the molecule is c1ccc2cc3c(cc2c1)SC(=C1Sc2cc4ccccc4cc2S1)S3.c1ccc2cc3c(cc2c1)SC(=C1Sc2cc4ccccc4cc2S1)S3. The van der Waals surface area contributed by atoms with Gasteiger partial charge in [0.1, 0.15) is 0 Å². The van der Waals surface area contributed by atoms with Crippen LogP contribution in [0.1, 0.15) is 0 Å². The predicted octanol–water partition coefficient (Wildman–Crippen LogP) is 16.4. The van der Waals surface area contributed by atoms with Gasteiger partial charge in [0, 0.05) is 39.2 Å². The van der Waals surface area contributed by atoms with Crippen LogP contribution in [-0.2, 0) is 0 Å². The van der Waals surface area contributed by atoms with Crippen LogP contribution in [0, 0.1) is 0 Å². The molecule has 0 fully saturated rings. The minimum absolute atomic E-state index is 1.33. The molecule has 0 saturated carbocycles. The number of fused-ring (bicyclic) bond motifs is 8. The third-order valence-electron chi connectivity index (χ3n) is 9.20. The van der Waals surface area contributed by atoms with E-state index in [9.17, 15) is 0 Å². The number of hydrogen-bond donors (Lipinski definition) is 0. The Kier molecular flexibility index (Phi) is 8.40. The number of hydrogen-bond acceptors (Lipinski definition) is 8. The van der Waals surface area contributed by atoms with E-state index in [4.69, 9.17) is 0 Å². The van der Waals surface area contributed by atoms with Crippen molar-refractivity contribution in [2.24, 2.45) is 0 Å². The molecule has 0 nitrogen and oxygen atoms in total. The Balaban J connectivity index is 0.000000123. The first-order valence-electron chi connectivity index (χ1n) is 16.7. The maximum absolute atomic E-state index is 2.33. The number of thioether (sulfide) groups is 8. The molecule has 0 saturated heterocycles. The highest BCUT2D eigenvalue weighted by Gasteiger charge is 2.29. The molecule has 8 aromatic carbocycles. The second-order valence-corrected chi connectivity index (χ2v) is 22.0. The smallest absolute Gasteiger partial charge is 0.0706 e. The Morgan fingerprint density at radius 3 is 0.462 bits per heavy atom. The van der Waals surface area contributed by atoms with E-state index in [1.165, 1.54) is 99.2 Å². The van der Waals surface area contributed by atoms with Crippen molar-refractivity contribution in [2.75, 3.05) is 0 Å². The summed E-state index contributed by atoms with van der Waals surface area (Å²) < 4.78 is 5.69.